The van der Waals surface area contributed by atoms with Gasteiger partial charge in [-0.3, -0.25) is 4.99 Å². The number of anilines is 1. The first-order valence-corrected chi connectivity index (χ1v) is 9.77. The molecule has 0 radical (unpaired) electrons. The van der Waals surface area contributed by atoms with Crippen molar-refractivity contribution in [3.63, 3.8) is 0 Å². The van der Waals surface area contributed by atoms with Crippen molar-refractivity contribution in [2.45, 2.75) is 44.9 Å². The minimum atomic E-state index is 0.223. The van der Waals surface area contributed by atoms with Gasteiger partial charge >= 0.3 is 0 Å². The first kappa shape index (κ1) is 16.7. The number of fused-ring (bicyclic) bond motifs is 1. The maximum Gasteiger partial charge on any atom is 0.107 e. The molecule has 25 heavy (non-hydrogen) atoms. The van der Waals surface area contributed by atoms with Crippen LogP contribution in [0.15, 0.2) is 53.5 Å². The smallest absolute Gasteiger partial charge is 0.107 e. The number of hydrogen-bond acceptors (Lipinski definition) is 1. The second kappa shape index (κ2) is 7.21. The number of para-hydroxylation sites is 1. The Balaban J connectivity index is 1.56. The summed E-state index contributed by atoms with van der Waals surface area (Å²) in [5.41, 5.74) is 4.16. The Labute approximate surface area is 155 Å². The number of halogens is 1. The zero-order valence-electron chi connectivity index (χ0n) is 14.6. The standard InChI is InChI=1S/C22H25ClN2/c23-19-9-6-7-17(15-19)11-14-24-21-22(12-4-1-5-13-22)16-18-8-2-3-10-20(18)25-21/h2-3,6-10,15H,1,4-5,11-14,16H2,(H,24,25). The van der Waals surface area contributed by atoms with Gasteiger partial charge < -0.3 is 5.32 Å². The first-order chi connectivity index (χ1) is 12.3. The van der Waals surface area contributed by atoms with Crippen molar-refractivity contribution in [2.75, 3.05) is 11.9 Å². The summed E-state index contributed by atoms with van der Waals surface area (Å²) in [6.07, 6.45) is 8.57. The number of hydrogen-bond donors (Lipinski definition) is 1. The Morgan fingerprint density at radius 3 is 2.68 bits per heavy atom. The van der Waals surface area contributed by atoms with Crippen molar-refractivity contribution in [1.29, 1.82) is 0 Å². The molecular formula is C22H25ClN2. The number of rotatable bonds is 3. The highest BCUT2D eigenvalue weighted by Gasteiger charge is 2.40. The van der Waals surface area contributed by atoms with E-state index in [1.54, 1.807) is 0 Å². The lowest BCUT2D eigenvalue weighted by Gasteiger charge is -2.42. The summed E-state index contributed by atoms with van der Waals surface area (Å²) in [4.78, 5) is 5.05. The second-order valence-electron chi connectivity index (χ2n) is 7.41. The lowest BCUT2D eigenvalue weighted by Crippen LogP contribution is -2.43. The van der Waals surface area contributed by atoms with Crippen molar-refractivity contribution in [3.05, 3.63) is 64.7 Å². The highest BCUT2D eigenvalue weighted by Crippen LogP contribution is 2.44. The van der Waals surface area contributed by atoms with Crippen molar-refractivity contribution in [3.8, 4) is 0 Å². The molecule has 0 unspecified atom stereocenters. The summed E-state index contributed by atoms with van der Waals surface area (Å²) in [6, 6.07) is 16.8. The van der Waals surface area contributed by atoms with Gasteiger partial charge in [-0.2, -0.15) is 0 Å². The summed E-state index contributed by atoms with van der Waals surface area (Å²) in [6.45, 7) is 0.812. The van der Waals surface area contributed by atoms with Gasteiger partial charge in [0.1, 0.15) is 5.84 Å². The molecule has 1 spiro atoms. The predicted octanol–water partition coefficient (Wildman–Crippen LogP) is 5.90. The number of benzene rings is 2. The predicted molar refractivity (Wildman–Crippen MR) is 107 cm³/mol. The third-order valence-corrected chi connectivity index (χ3v) is 5.91. The summed E-state index contributed by atoms with van der Waals surface area (Å²) in [7, 11) is 0. The van der Waals surface area contributed by atoms with E-state index in [9.17, 15) is 0 Å². The molecule has 3 heteroatoms. The zero-order chi connectivity index (χ0) is 17.1. The van der Waals surface area contributed by atoms with E-state index in [0.717, 1.165) is 24.4 Å². The molecule has 1 saturated carbocycles. The maximum absolute atomic E-state index is 6.10. The van der Waals surface area contributed by atoms with E-state index in [2.05, 4.69) is 35.6 Å². The van der Waals surface area contributed by atoms with Crippen LogP contribution in [-0.2, 0) is 12.8 Å². The van der Waals surface area contributed by atoms with E-state index in [4.69, 9.17) is 16.6 Å². The van der Waals surface area contributed by atoms with Gasteiger partial charge in [0, 0.05) is 22.7 Å². The minimum absolute atomic E-state index is 0.223. The van der Waals surface area contributed by atoms with Crippen LogP contribution in [0.1, 0.15) is 43.2 Å². The van der Waals surface area contributed by atoms with Crippen LogP contribution >= 0.6 is 11.6 Å². The molecule has 0 saturated heterocycles. The van der Waals surface area contributed by atoms with Crippen molar-refractivity contribution in [1.82, 2.24) is 0 Å². The Morgan fingerprint density at radius 2 is 1.84 bits per heavy atom. The fourth-order valence-electron chi connectivity index (χ4n) is 4.34. The number of nitrogens with zero attached hydrogens (tertiary/aromatic N) is 1. The monoisotopic (exact) mass is 352 g/mol. The summed E-state index contributed by atoms with van der Waals surface area (Å²) >= 11 is 6.10. The molecule has 1 aliphatic carbocycles. The van der Waals surface area contributed by atoms with Crippen LogP contribution in [0, 0.1) is 5.41 Å². The zero-order valence-corrected chi connectivity index (χ0v) is 15.4. The fourth-order valence-corrected chi connectivity index (χ4v) is 4.56. The third kappa shape index (κ3) is 3.59. The number of amidine groups is 1. The highest BCUT2D eigenvalue weighted by atomic mass is 35.5. The van der Waals surface area contributed by atoms with Crippen molar-refractivity contribution in [2.24, 2.45) is 10.4 Å². The van der Waals surface area contributed by atoms with Crippen LogP contribution in [0.4, 0.5) is 5.69 Å². The maximum atomic E-state index is 6.10. The lowest BCUT2D eigenvalue weighted by molar-refractivity contribution is 0.278. The summed E-state index contributed by atoms with van der Waals surface area (Å²) in [5, 5.41) is 4.48. The van der Waals surface area contributed by atoms with Crippen LogP contribution in [0.3, 0.4) is 0 Å². The first-order valence-electron chi connectivity index (χ1n) is 9.40. The summed E-state index contributed by atoms with van der Waals surface area (Å²) in [5.74, 6) is 1.22. The quantitative estimate of drug-likeness (QED) is 0.730. The molecule has 2 nitrogen and oxygen atoms in total. The van der Waals surface area contributed by atoms with Gasteiger partial charge in [-0.1, -0.05) is 61.2 Å². The molecule has 2 aromatic rings. The normalized spacial score (nSPS) is 20.3. The van der Waals surface area contributed by atoms with Gasteiger partial charge in [0.15, 0.2) is 0 Å². The van der Waals surface area contributed by atoms with E-state index in [-0.39, 0.29) is 5.41 Å². The molecule has 130 valence electrons. The topological polar surface area (TPSA) is 24.4 Å². The molecule has 0 amide bonds. The molecule has 1 fully saturated rings. The van der Waals surface area contributed by atoms with Gasteiger partial charge in [-0.25, -0.2) is 0 Å². The minimum Gasteiger partial charge on any atom is -0.343 e. The highest BCUT2D eigenvalue weighted by molar-refractivity contribution is 6.30. The molecular weight excluding hydrogens is 328 g/mol. The Morgan fingerprint density at radius 1 is 1.00 bits per heavy atom. The van der Waals surface area contributed by atoms with Gasteiger partial charge in [-0.15, -0.1) is 0 Å². The van der Waals surface area contributed by atoms with Crippen LogP contribution < -0.4 is 5.32 Å². The van der Waals surface area contributed by atoms with Gasteiger partial charge in [0.2, 0.25) is 0 Å². The lowest BCUT2D eigenvalue weighted by atomic mass is 9.67. The Bertz CT molecular complexity index is 775. The molecule has 1 N–H and O–H groups in total. The number of aliphatic imine (C=N–C) groups is 1. The Hall–Kier alpha value is -1.80. The van der Waals surface area contributed by atoms with E-state index < -0.39 is 0 Å². The van der Waals surface area contributed by atoms with Crippen LogP contribution in [0.25, 0.3) is 0 Å². The van der Waals surface area contributed by atoms with Crippen LogP contribution in [-0.4, -0.2) is 12.4 Å². The molecule has 2 aromatic carbocycles. The molecule has 0 aromatic heterocycles. The molecule has 4 rings (SSSR count). The average molecular weight is 353 g/mol. The SMILES string of the molecule is Clc1cccc(CCN=C2Nc3ccccc3CC23CCCCC3)c1. The van der Waals surface area contributed by atoms with Gasteiger partial charge in [0.05, 0.1) is 0 Å². The molecule has 0 atom stereocenters. The largest absolute Gasteiger partial charge is 0.343 e. The van der Waals surface area contributed by atoms with E-state index in [1.165, 1.54) is 54.8 Å². The van der Waals surface area contributed by atoms with Crippen LogP contribution in [0.2, 0.25) is 5.02 Å². The van der Waals surface area contributed by atoms with E-state index in [1.807, 2.05) is 18.2 Å². The second-order valence-corrected chi connectivity index (χ2v) is 7.85. The Kier molecular flexibility index (Phi) is 4.80. The van der Waals surface area contributed by atoms with E-state index in [0.29, 0.717) is 0 Å². The van der Waals surface area contributed by atoms with Crippen molar-refractivity contribution >= 4 is 23.1 Å². The van der Waals surface area contributed by atoms with Gasteiger partial charge in [-0.05, 0) is 55.0 Å². The van der Waals surface area contributed by atoms with Gasteiger partial charge in [0.25, 0.3) is 0 Å². The van der Waals surface area contributed by atoms with Crippen LogP contribution in [0.5, 0.6) is 0 Å². The molecule has 1 aliphatic heterocycles. The van der Waals surface area contributed by atoms with E-state index >= 15 is 0 Å². The molecule has 0 bridgehead atoms. The average Bonchev–Trinajstić information content (AvgIpc) is 2.63. The molecule has 2 aliphatic rings. The summed E-state index contributed by atoms with van der Waals surface area (Å²) < 4.78 is 0. The number of nitrogens with one attached hydrogen (secondary N) is 1. The van der Waals surface area contributed by atoms with Crippen molar-refractivity contribution < 1.29 is 0 Å². The molecule has 1 heterocycles. The fraction of sp³-hybridized carbons (Fsp3) is 0.409. The third-order valence-electron chi connectivity index (χ3n) is 5.67.